The van der Waals surface area contributed by atoms with Gasteiger partial charge in [0.2, 0.25) is 11.9 Å². The van der Waals surface area contributed by atoms with Crippen molar-refractivity contribution in [3.8, 4) is 17.5 Å². The summed E-state index contributed by atoms with van der Waals surface area (Å²) in [4.78, 5) is 29.6. The molecule has 12 nitrogen and oxygen atoms in total. The smallest absolute Gasteiger partial charge is 0.328 e. The first-order valence-corrected chi connectivity index (χ1v) is 13.3. The molecule has 12 heteroatoms. The van der Waals surface area contributed by atoms with E-state index in [0.717, 1.165) is 0 Å². The normalized spacial score (nSPS) is 11.4. The minimum atomic E-state index is -0.573. The minimum absolute atomic E-state index is 0.0582. The van der Waals surface area contributed by atoms with Crippen LogP contribution in [0.25, 0.3) is 0 Å². The highest BCUT2D eigenvalue weighted by Gasteiger charge is 2.27. The van der Waals surface area contributed by atoms with Crippen LogP contribution in [-0.2, 0) is 23.7 Å². The molecule has 0 atom stereocenters. The summed E-state index contributed by atoms with van der Waals surface area (Å²) in [6, 6.07) is 6.74. The lowest BCUT2D eigenvalue weighted by molar-refractivity contribution is -0.144. The number of carbonyl (C=O) groups excluding carboxylic acids is 1. The zero-order valence-corrected chi connectivity index (χ0v) is 24.3. The number of esters is 1. The molecule has 2 aromatic rings. The van der Waals surface area contributed by atoms with E-state index in [0.29, 0.717) is 56.2 Å². The molecule has 0 radical (unpaired) electrons. The number of hydrogen-bond donors (Lipinski definition) is 0. The predicted molar refractivity (Wildman–Crippen MR) is 147 cm³/mol. The number of rotatable bonds is 19. The predicted octanol–water partition coefficient (Wildman–Crippen LogP) is 4.59. The summed E-state index contributed by atoms with van der Waals surface area (Å²) in [6.07, 6.45) is 0.671. The number of nitrogens with zero attached hydrogens (tertiary/aromatic N) is 5. The van der Waals surface area contributed by atoms with Crippen molar-refractivity contribution in [2.75, 3.05) is 63.2 Å². The van der Waals surface area contributed by atoms with Crippen molar-refractivity contribution in [3.63, 3.8) is 0 Å². The Balaban J connectivity index is 2.38. The highest BCUT2D eigenvalue weighted by Crippen LogP contribution is 2.27. The van der Waals surface area contributed by atoms with Gasteiger partial charge >= 0.3 is 12.0 Å². The third kappa shape index (κ3) is 10.6. The van der Waals surface area contributed by atoms with E-state index in [1.807, 2.05) is 48.5 Å². The van der Waals surface area contributed by atoms with Gasteiger partial charge in [0, 0.05) is 26.4 Å². The molecule has 0 aliphatic heterocycles. The van der Waals surface area contributed by atoms with Crippen LogP contribution in [0.3, 0.4) is 0 Å². The van der Waals surface area contributed by atoms with Gasteiger partial charge in [0.25, 0.3) is 0 Å². The summed E-state index contributed by atoms with van der Waals surface area (Å²) >= 11 is 0. The maximum atomic E-state index is 12.4. The van der Waals surface area contributed by atoms with Crippen LogP contribution in [0.2, 0.25) is 0 Å². The average molecular weight is 550 g/mol. The minimum Gasteiger partial charge on any atom is -0.426 e. The van der Waals surface area contributed by atoms with Crippen molar-refractivity contribution in [1.29, 1.82) is 0 Å². The van der Waals surface area contributed by atoms with Crippen molar-refractivity contribution in [2.45, 2.75) is 54.9 Å². The quantitative estimate of drug-likeness (QED) is 0.138. The topological polar surface area (TPSA) is 118 Å². The van der Waals surface area contributed by atoms with E-state index < -0.39 is 5.41 Å². The zero-order valence-electron chi connectivity index (χ0n) is 24.3. The van der Waals surface area contributed by atoms with Crippen molar-refractivity contribution in [2.24, 2.45) is 5.41 Å². The Morgan fingerprint density at radius 1 is 0.692 bits per heavy atom. The van der Waals surface area contributed by atoms with E-state index in [9.17, 15) is 4.79 Å². The van der Waals surface area contributed by atoms with Gasteiger partial charge in [-0.05, 0) is 72.2 Å². The monoisotopic (exact) mass is 549 g/mol. The Morgan fingerprint density at radius 2 is 1.10 bits per heavy atom. The third-order valence-electron chi connectivity index (χ3n) is 5.64. The number of hydrogen-bond acceptors (Lipinski definition) is 12. The van der Waals surface area contributed by atoms with Gasteiger partial charge in [-0.3, -0.25) is 14.6 Å². The average Bonchev–Trinajstić information content (AvgIpc) is 2.94. The number of ether oxygens (including phenoxy) is 6. The number of carbonyl (C=O) groups is 1. The summed E-state index contributed by atoms with van der Waals surface area (Å²) in [6.45, 7) is 16.2. The van der Waals surface area contributed by atoms with Gasteiger partial charge in [-0.25, -0.2) is 0 Å². The lowest BCUT2D eigenvalue weighted by atomic mass is 9.91. The molecular weight excluding hydrogens is 506 g/mol. The Hall–Kier alpha value is -3.06. The van der Waals surface area contributed by atoms with Crippen LogP contribution in [0, 0.1) is 5.41 Å². The maximum absolute atomic E-state index is 12.4. The second kappa shape index (κ2) is 16.8. The highest BCUT2D eigenvalue weighted by atomic mass is 16.5. The van der Waals surface area contributed by atoms with Gasteiger partial charge in [-0.1, -0.05) is 6.92 Å². The molecule has 0 aliphatic carbocycles. The Labute approximate surface area is 231 Å². The SMILES string of the molecule is CCOCN(COCC)c1nc(Oc2ccc(OC(=O)C(C)(C)CC)cc2)nc(N(COCC)COCC)n1. The van der Waals surface area contributed by atoms with Gasteiger partial charge < -0.3 is 28.4 Å². The molecule has 0 saturated carbocycles. The molecule has 0 spiro atoms. The summed E-state index contributed by atoms with van der Waals surface area (Å²) in [7, 11) is 0. The molecule has 1 heterocycles. The molecule has 0 saturated heterocycles. The zero-order chi connectivity index (χ0) is 28.7. The fourth-order valence-corrected chi connectivity index (χ4v) is 2.85. The first kappa shape index (κ1) is 32.2. The number of anilines is 2. The van der Waals surface area contributed by atoms with E-state index in [4.69, 9.17) is 28.4 Å². The van der Waals surface area contributed by atoms with Crippen LogP contribution in [0.15, 0.2) is 24.3 Å². The van der Waals surface area contributed by atoms with Gasteiger partial charge in [0.05, 0.1) is 5.41 Å². The Kier molecular flexibility index (Phi) is 13.9. The maximum Gasteiger partial charge on any atom is 0.328 e. The molecule has 1 aromatic carbocycles. The highest BCUT2D eigenvalue weighted by molar-refractivity contribution is 5.78. The van der Waals surface area contributed by atoms with Gasteiger partial charge in [-0.15, -0.1) is 0 Å². The van der Waals surface area contributed by atoms with E-state index in [-0.39, 0.29) is 38.9 Å². The van der Waals surface area contributed by atoms with Crippen LogP contribution in [0.4, 0.5) is 11.9 Å². The Morgan fingerprint density at radius 3 is 1.49 bits per heavy atom. The van der Waals surface area contributed by atoms with Crippen molar-refractivity contribution in [1.82, 2.24) is 15.0 Å². The number of aromatic nitrogens is 3. The summed E-state index contributed by atoms with van der Waals surface area (Å²) in [5.41, 5.74) is -0.573. The molecule has 39 heavy (non-hydrogen) atoms. The molecular formula is C27H43N5O7. The summed E-state index contributed by atoms with van der Waals surface area (Å²) in [5, 5.41) is 0. The molecule has 1 aromatic heterocycles. The molecule has 0 fully saturated rings. The first-order chi connectivity index (χ1) is 18.8. The van der Waals surface area contributed by atoms with Crippen molar-refractivity contribution in [3.05, 3.63) is 24.3 Å². The van der Waals surface area contributed by atoms with Crippen LogP contribution >= 0.6 is 0 Å². The number of benzene rings is 1. The molecule has 0 unspecified atom stereocenters. The Bertz CT molecular complexity index is 937. The van der Waals surface area contributed by atoms with E-state index in [2.05, 4.69) is 15.0 Å². The van der Waals surface area contributed by atoms with Gasteiger partial charge in [-0.2, -0.15) is 15.0 Å². The molecule has 218 valence electrons. The summed E-state index contributed by atoms with van der Waals surface area (Å²) < 4.78 is 34.0. The molecule has 0 aliphatic rings. The molecule has 0 N–H and O–H groups in total. The molecule has 0 amide bonds. The van der Waals surface area contributed by atoms with Crippen LogP contribution in [0.1, 0.15) is 54.9 Å². The van der Waals surface area contributed by atoms with Crippen molar-refractivity contribution < 1.29 is 33.2 Å². The summed E-state index contributed by atoms with van der Waals surface area (Å²) in [5.74, 6) is 1.20. The second-order valence-corrected chi connectivity index (χ2v) is 8.99. The lowest BCUT2D eigenvalue weighted by Gasteiger charge is -2.25. The van der Waals surface area contributed by atoms with Crippen LogP contribution in [-0.4, -0.2) is 74.3 Å². The van der Waals surface area contributed by atoms with Crippen molar-refractivity contribution >= 4 is 17.9 Å². The van der Waals surface area contributed by atoms with E-state index >= 15 is 0 Å². The lowest BCUT2D eigenvalue weighted by Crippen LogP contribution is -2.34. The van der Waals surface area contributed by atoms with E-state index in [1.54, 1.807) is 34.1 Å². The fourth-order valence-electron chi connectivity index (χ4n) is 2.85. The molecule has 0 bridgehead atoms. The van der Waals surface area contributed by atoms with E-state index in [1.165, 1.54) is 0 Å². The van der Waals surface area contributed by atoms with Gasteiger partial charge in [0.15, 0.2) is 0 Å². The first-order valence-electron chi connectivity index (χ1n) is 13.3. The van der Waals surface area contributed by atoms with Crippen LogP contribution in [0.5, 0.6) is 17.5 Å². The fraction of sp³-hybridized carbons (Fsp3) is 0.630. The largest absolute Gasteiger partial charge is 0.426 e. The molecule has 2 rings (SSSR count). The van der Waals surface area contributed by atoms with Gasteiger partial charge in [0.1, 0.15) is 38.4 Å². The van der Waals surface area contributed by atoms with Crippen LogP contribution < -0.4 is 19.3 Å². The third-order valence-corrected chi connectivity index (χ3v) is 5.64. The second-order valence-electron chi connectivity index (χ2n) is 8.99. The standard InChI is InChI=1S/C27H43N5O7/c1-8-27(6,7)23(33)38-21-13-15-22(16-14-21)39-26-29-24(31(17-34-9-2)18-35-10-3)28-25(30-26)32(19-36-11-4)20-37-12-5/h13-16H,8-12,17-20H2,1-7H3.